The highest BCUT2D eigenvalue weighted by Gasteiger charge is 2.03. The lowest BCUT2D eigenvalue weighted by atomic mass is 10.2. The molecule has 0 bridgehead atoms. The van der Waals surface area contributed by atoms with Crippen molar-refractivity contribution in [2.45, 2.75) is 39.5 Å². The largest absolute Gasteiger partial charge is 0.466 e. The molecule has 0 N–H and O–H groups in total. The fourth-order valence-corrected chi connectivity index (χ4v) is 1.01. The summed E-state index contributed by atoms with van der Waals surface area (Å²) in [5, 5.41) is 0. The number of Topliss-reactive ketones (excluding diaryl/α,β-unsaturated/α-hetero) is 1. The van der Waals surface area contributed by atoms with Crippen molar-refractivity contribution >= 4 is 17.7 Å². The summed E-state index contributed by atoms with van der Waals surface area (Å²) in [6, 6.07) is 0. The number of esters is 2. The molecule has 0 rings (SSSR count). The molecule has 0 radical (unpaired) electrons. The molecule has 0 aromatic heterocycles. The molecule has 0 unspecified atom stereocenters. The molecule has 92 valence electrons. The quantitative estimate of drug-likeness (QED) is 0.463. The third kappa shape index (κ3) is 10.7. The zero-order valence-electron chi connectivity index (χ0n) is 9.78. The fourth-order valence-electron chi connectivity index (χ4n) is 1.01. The third-order valence-corrected chi connectivity index (χ3v) is 1.77. The lowest BCUT2D eigenvalue weighted by Gasteiger charge is -2.04. The Labute approximate surface area is 95.1 Å². The number of hydrogen-bond acceptors (Lipinski definition) is 5. The van der Waals surface area contributed by atoms with E-state index >= 15 is 0 Å². The van der Waals surface area contributed by atoms with Crippen molar-refractivity contribution < 1.29 is 23.9 Å². The van der Waals surface area contributed by atoms with Crippen LogP contribution in [0.5, 0.6) is 0 Å². The van der Waals surface area contributed by atoms with E-state index in [-0.39, 0.29) is 37.4 Å². The summed E-state index contributed by atoms with van der Waals surface area (Å²) in [4.78, 5) is 32.1. The maximum atomic E-state index is 11.1. The van der Waals surface area contributed by atoms with Gasteiger partial charge in [0.2, 0.25) is 0 Å². The van der Waals surface area contributed by atoms with Crippen LogP contribution in [0.3, 0.4) is 0 Å². The normalized spacial score (nSPS) is 9.62. The first-order valence-corrected chi connectivity index (χ1v) is 5.31. The van der Waals surface area contributed by atoms with Gasteiger partial charge in [-0.3, -0.25) is 9.59 Å². The fraction of sp³-hybridized carbons (Fsp3) is 0.727. The minimum Gasteiger partial charge on any atom is -0.466 e. The molecule has 0 saturated carbocycles. The van der Waals surface area contributed by atoms with Crippen molar-refractivity contribution in [1.82, 2.24) is 0 Å². The third-order valence-electron chi connectivity index (χ3n) is 1.77. The molecule has 0 aliphatic rings. The summed E-state index contributed by atoms with van der Waals surface area (Å²) in [7, 11) is 0. The van der Waals surface area contributed by atoms with Gasteiger partial charge in [-0.15, -0.1) is 0 Å². The van der Waals surface area contributed by atoms with Gasteiger partial charge in [-0.1, -0.05) is 0 Å². The number of carbonyl (C=O) groups is 3. The Morgan fingerprint density at radius 2 is 1.44 bits per heavy atom. The van der Waals surface area contributed by atoms with E-state index in [1.807, 2.05) is 0 Å². The summed E-state index contributed by atoms with van der Waals surface area (Å²) in [5.74, 6) is -0.587. The second kappa shape index (κ2) is 8.88. The topological polar surface area (TPSA) is 69.7 Å². The average Bonchev–Trinajstić information content (AvgIpc) is 2.19. The van der Waals surface area contributed by atoms with Gasteiger partial charge in [-0.2, -0.15) is 0 Å². The first-order valence-electron chi connectivity index (χ1n) is 5.31. The highest BCUT2D eigenvalue weighted by Crippen LogP contribution is 1.97. The zero-order valence-corrected chi connectivity index (χ0v) is 9.78. The Hall–Kier alpha value is -1.39. The van der Waals surface area contributed by atoms with Gasteiger partial charge in [-0.25, -0.2) is 0 Å². The molecule has 0 aliphatic heterocycles. The van der Waals surface area contributed by atoms with E-state index in [1.165, 1.54) is 13.8 Å². The zero-order chi connectivity index (χ0) is 12.4. The summed E-state index contributed by atoms with van der Waals surface area (Å²) in [5.41, 5.74) is 0. The van der Waals surface area contributed by atoms with E-state index in [1.54, 1.807) is 0 Å². The molecule has 0 amide bonds. The van der Waals surface area contributed by atoms with Crippen molar-refractivity contribution in [1.29, 1.82) is 0 Å². The van der Waals surface area contributed by atoms with Crippen LogP contribution in [0.2, 0.25) is 0 Å². The van der Waals surface area contributed by atoms with Crippen molar-refractivity contribution in [2.24, 2.45) is 0 Å². The predicted octanol–water partition coefficient (Wildman–Crippen LogP) is 1.24. The molecular weight excluding hydrogens is 212 g/mol. The second-order valence-electron chi connectivity index (χ2n) is 3.47. The molecule has 0 aromatic rings. The van der Waals surface area contributed by atoms with Gasteiger partial charge in [0.1, 0.15) is 5.78 Å². The van der Waals surface area contributed by atoms with E-state index in [0.717, 1.165) is 0 Å². The first kappa shape index (κ1) is 14.6. The maximum absolute atomic E-state index is 11.1. The number of carbonyl (C=O) groups excluding carboxylic acids is 3. The Morgan fingerprint density at radius 3 is 2.00 bits per heavy atom. The standard InChI is InChI=1S/C11H18O5/c1-9(12)5-3-8-16-11(14)6-4-7-15-10(2)13/h3-8H2,1-2H3. The maximum Gasteiger partial charge on any atom is 0.305 e. The molecule has 5 heteroatoms. The molecule has 0 atom stereocenters. The number of ketones is 1. The number of hydrogen-bond donors (Lipinski definition) is 0. The summed E-state index contributed by atoms with van der Waals surface area (Å²) < 4.78 is 9.53. The van der Waals surface area contributed by atoms with Crippen LogP contribution in [0.15, 0.2) is 0 Å². The highest BCUT2D eigenvalue weighted by atomic mass is 16.5. The van der Waals surface area contributed by atoms with Gasteiger partial charge < -0.3 is 14.3 Å². The Bertz CT molecular complexity index is 223. The van der Waals surface area contributed by atoms with Crippen LogP contribution >= 0.6 is 0 Å². The summed E-state index contributed by atoms with van der Waals surface area (Å²) >= 11 is 0. The molecule has 0 fully saturated rings. The van der Waals surface area contributed by atoms with Gasteiger partial charge in [0, 0.05) is 19.8 Å². The van der Waals surface area contributed by atoms with Crippen LogP contribution in [-0.4, -0.2) is 30.9 Å². The predicted molar refractivity (Wildman–Crippen MR) is 56.7 cm³/mol. The van der Waals surface area contributed by atoms with Crippen LogP contribution < -0.4 is 0 Å². The van der Waals surface area contributed by atoms with Crippen LogP contribution in [-0.2, 0) is 23.9 Å². The van der Waals surface area contributed by atoms with Gasteiger partial charge in [-0.05, 0) is 19.8 Å². The van der Waals surface area contributed by atoms with Crippen molar-refractivity contribution in [3.8, 4) is 0 Å². The van der Waals surface area contributed by atoms with E-state index in [9.17, 15) is 14.4 Å². The van der Waals surface area contributed by atoms with E-state index < -0.39 is 0 Å². The van der Waals surface area contributed by atoms with Gasteiger partial charge in [0.05, 0.1) is 13.2 Å². The lowest BCUT2D eigenvalue weighted by molar-refractivity contribution is -0.146. The van der Waals surface area contributed by atoms with Gasteiger partial charge in [0.25, 0.3) is 0 Å². The first-order chi connectivity index (χ1) is 7.52. The SMILES string of the molecule is CC(=O)CCCOC(=O)CCCOC(C)=O. The Kier molecular flexibility index (Phi) is 8.11. The monoisotopic (exact) mass is 230 g/mol. The molecule has 5 nitrogen and oxygen atoms in total. The van der Waals surface area contributed by atoms with E-state index in [4.69, 9.17) is 4.74 Å². The van der Waals surface area contributed by atoms with Gasteiger partial charge >= 0.3 is 11.9 Å². The van der Waals surface area contributed by atoms with Gasteiger partial charge in [0.15, 0.2) is 0 Å². The molecule has 16 heavy (non-hydrogen) atoms. The summed E-state index contributed by atoms with van der Waals surface area (Å²) in [6.45, 7) is 3.32. The van der Waals surface area contributed by atoms with Crippen molar-refractivity contribution in [3.05, 3.63) is 0 Å². The molecule has 0 heterocycles. The average molecular weight is 230 g/mol. The minimum absolute atomic E-state index is 0.0888. The van der Waals surface area contributed by atoms with Crippen molar-refractivity contribution in [3.63, 3.8) is 0 Å². The number of ether oxygens (including phenoxy) is 2. The van der Waals surface area contributed by atoms with Crippen LogP contribution in [0, 0.1) is 0 Å². The Morgan fingerprint density at radius 1 is 0.875 bits per heavy atom. The number of rotatable bonds is 8. The van der Waals surface area contributed by atoms with Crippen molar-refractivity contribution in [2.75, 3.05) is 13.2 Å². The molecule has 0 aliphatic carbocycles. The van der Waals surface area contributed by atoms with Crippen LogP contribution in [0.4, 0.5) is 0 Å². The smallest absolute Gasteiger partial charge is 0.305 e. The molecular formula is C11H18O5. The van der Waals surface area contributed by atoms with Crippen LogP contribution in [0.25, 0.3) is 0 Å². The van der Waals surface area contributed by atoms with E-state index in [2.05, 4.69) is 4.74 Å². The molecule has 0 aromatic carbocycles. The second-order valence-corrected chi connectivity index (χ2v) is 3.47. The molecule has 0 saturated heterocycles. The summed E-state index contributed by atoms with van der Waals surface area (Å²) in [6.07, 6.45) is 1.68. The Balaban J connectivity index is 3.31. The highest BCUT2D eigenvalue weighted by molar-refractivity contribution is 5.75. The molecule has 0 spiro atoms. The van der Waals surface area contributed by atoms with Crippen LogP contribution in [0.1, 0.15) is 39.5 Å². The van der Waals surface area contributed by atoms with E-state index in [0.29, 0.717) is 19.3 Å². The minimum atomic E-state index is -0.352. The lowest BCUT2D eigenvalue weighted by Crippen LogP contribution is -2.09.